The lowest BCUT2D eigenvalue weighted by atomic mass is 10.2. The molecule has 2 aromatic carbocycles. The molecule has 0 N–H and O–H groups in total. The second-order valence-corrected chi connectivity index (χ2v) is 9.37. The third-order valence-electron chi connectivity index (χ3n) is 5.11. The topological polar surface area (TPSA) is 74.1 Å². The van der Waals surface area contributed by atoms with Gasteiger partial charge >= 0.3 is 5.97 Å². The minimum atomic E-state index is -0.380. The van der Waals surface area contributed by atoms with Crippen LogP contribution in [-0.2, 0) is 29.1 Å². The zero-order chi connectivity index (χ0) is 22.1. The van der Waals surface area contributed by atoms with Crippen molar-refractivity contribution in [3.8, 4) is 0 Å². The molecule has 3 heterocycles. The second kappa shape index (κ2) is 8.64. The van der Waals surface area contributed by atoms with Crippen LogP contribution in [0.5, 0.6) is 0 Å². The zero-order valence-corrected chi connectivity index (χ0v) is 18.9. The van der Waals surface area contributed by atoms with Gasteiger partial charge in [-0.15, -0.1) is 11.3 Å². The first kappa shape index (κ1) is 20.5. The molecule has 0 unspecified atom stereocenters. The maximum atomic E-state index is 13.0. The van der Waals surface area contributed by atoms with Crippen molar-refractivity contribution in [1.82, 2.24) is 14.8 Å². The van der Waals surface area contributed by atoms with Crippen LogP contribution in [0.15, 0.2) is 64.1 Å². The number of carbonyl (C=O) groups excluding carboxylic acids is 1. The molecule has 0 fully saturated rings. The van der Waals surface area contributed by atoms with Gasteiger partial charge in [-0.25, -0.2) is 9.67 Å². The van der Waals surface area contributed by atoms with Crippen molar-refractivity contribution in [1.29, 1.82) is 0 Å². The van der Waals surface area contributed by atoms with Gasteiger partial charge in [-0.3, -0.25) is 9.59 Å². The molecule has 5 rings (SSSR count). The summed E-state index contributed by atoms with van der Waals surface area (Å²) >= 11 is 2.96. The van der Waals surface area contributed by atoms with Crippen LogP contribution in [-0.4, -0.2) is 20.7 Å². The third kappa shape index (κ3) is 4.19. The Bertz CT molecular complexity index is 1490. The lowest BCUT2D eigenvalue weighted by Gasteiger charge is -2.09. The predicted octanol–water partition coefficient (Wildman–Crippen LogP) is 4.71. The smallest absolute Gasteiger partial charge is 0.312 e. The monoisotopic (exact) mass is 461 g/mol. The molecule has 0 atom stereocenters. The van der Waals surface area contributed by atoms with Crippen LogP contribution in [0.2, 0.25) is 0 Å². The first-order valence-corrected chi connectivity index (χ1v) is 11.8. The maximum absolute atomic E-state index is 13.0. The van der Waals surface area contributed by atoms with E-state index in [0.717, 1.165) is 26.4 Å². The fraction of sp³-hybridized carbons (Fsp3) is 0.167. The van der Waals surface area contributed by atoms with E-state index in [-0.39, 0.29) is 31.1 Å². The van der Waals surface area contributed by atoms with Gasteiger partial charge in [0, 0.05) is 16.1 Å². The minimum absolute atomic E-state index is 0.000609. The van der Waals surface area contributed by atoms with Crippen LogP contribution in [0, 0.1) is 6.92 Å². The van der Waals surface area contributed by atoms with E-state index >= 15 is 0 Å². The Hall–Kier alpha value is -3.36. The van der Waals surface area contributed by atoms with Crippen LogP contribution < -0.4 is 5.56 Å². The van der Waals surface area contributed by atoms with Crippen molar-refractivity contribution in [3.63, 3.8) is 0 Å². The Balaban J connectivity index is 1.41. The molecule has 0 aliphatic carbocycles. The summed E-state index contributed by atoms with van der Waals surface area (Å²) in [4.78, 5) is 30.1. The number of nitrogens with zero attached hydrogens (tertiary/aromatic N) is 3. The lowest BCUT2D eigenvalue weighted by molar-refractivity contribution is -0.144. The van der Waals surface area contributed by atoms with Crippen molar-refractivity contribution >= 4 is 49.6 Å². The van der Waals surface area contributed by atoms with E-state index in [1.165, 1.54) is 16.0 Å². The largest absolute Gasteiger partial charge is 0.461 e. The summed E-state index contributed by atoms with van der Waals surface area (Å²) in [5.41, 5.74) is 3.33. The first-order chi connectivity index (χ1) is 15.6. The Labute approximate surface area is 191 Å². The van der Waals surface area contributed by atoms with Gasteiger partial charge in [-0.1, -0.05) is 36.4 Å². The quantitative estimate of drug-likeness (QED) is 0.342. The van der Waals surface area contributed by atoms with E-state index in [4.69, 9.17) is 4.74 Å². The molecule has 8 heteroatoms. The number of aryl methyl sites for hydroxylation is 1. The fourth-order valence-corrected chi connectivity index (χ4v) is 5.28. The number of esters is 1. The molecule has 0 bridgehead atoms. The number of ether oxygens (including phenoxy) is 1. The minimum Gasteiger partial charge on any atom is -0.461 e. The van der Waals surface area contributed by atoms with E-state index in [9.17, 15) is 9.59 Å². The average Bonchev–Trinajstić information content (AvgIpc) is 3.43. The summed E-state index contributed by atoms with van der Waals surface area (Å²) in [7, 11) is 0. The highest BCUT2D eigenvalue weighted by atomic mass is 32.1. The van der Waals surface area contributed by atoms with Crippen molar-refractivity contribution in [2.24, 2.45) is 0 Å². The van der Waals surface area contributed by atoms with Gasteiger partial charge in [0.15, 0.2) is 0 Å². The van der Waals surface area contributed by atoms with E-state index in [1.807, 2.05) is 60.8 Å². The molecule has 3 aromatic heterocycles. The molecule has 0 amide bonds. The third-order valence-corrected chi connectivity index (χ3v) is 6.87. The van der Waals surface area contributed by atoms with Crippen molar-refractivity contribution < 1.29 is 9.53 Å². The van der Waals surface area contributed by atoms with Crippen molar-refractivity contribution in [2.75, 3.05) is 0 Å². The Morgan fingerprint density at radius 1 is 1.09 bits per heavy atom. The summed E-state index contributed by atoms with van der Waals surface area (Å²) in [5, 5.41) is 10.2. The first-order valence-electron chi connectivity index (χ1n) is 10.1. The maximum Gasteiger partial charge on any atom is 0.312 e. The Morgan fingerprint density at radius 3 is 2.75 bits per heavy atom. The molecule has 0 saturated heterocycles. The van der Waals surface area contributed by atoms with E-state index in [2.05, 4.69) is 10.1 Å². The number of carbonyl (C=O) groups is 1. The van der Waals surface area contributed by atoms with Crippen LogP contribution in [0.1, 0.15) is 21.8 Å². The molecule has 0 radical (unpaired) electrons. The summed E-state index contributed by atoms with van der Waals surface area (Å²) in [6, 6.07) is 15.6. The van der Waals surface area contributed by atoms with Crippen molar-refractivity contribution in [2.45, 2.75) is 26.5 Å². The molecule has 0 aliphatic rings. The predicted molar refractivity (Wildman–Crippen MR) is 127 cm³/mol. The fourth-order valence-electron chi connectivity index (χ4n) is 3.51. The second-order valence-electron chi connectivity index (χ2n) is 7.51. The van der Waals surface area contributed by atoms with Crippen molar-refractivity contribution in [3.05, 3.63) is 91.5 Å². The summed E-state index contributed by atoms with van der Waals surface area (Å²) in [6.07, 6.45) is -0.000609. The van der Waals surface area contributed by atoms with Gasteiger partial charge in [0.1, 0.15) is 11.6 Å². The average molecular weight is 462 g/mol. The SMILES string of the molecule is Cc1ccc2sc(Cn3nc(CC(=O)OCc4ccccc4)c4cscc4c3=O)nc2c1. The highest BCUT2D eigenvalue weighted by molar-refractivity contribution is 7.18. The molecule has 5 aromatic rings. The standard InChI is InChI=1S/C24H19N3O3S2/c1-15-7-8-21-20(9-15)25-22(32-21)11-27-24(29)18-14-31-13-17(18)19(26-27)10-23(28)30-12-16-5-3-2-4-6-16/h2-9,13-14H,10-12H2,1H3. The Morgan fingerprint density at radius 2 is 1.91 bits per heavy atom. The number of hydrogen-bond acceptors (Lipinski definition) is 7. The van der Waals surface area contributed by atoms with Crippen LogP contribution >= 0.6 is 22.7 Å². The number of rotatable bonds is 6. The number of hydrogen-bond donors (Lipinski definition) is 0. The lowest BCUT2D eigenvalue weighted by Crippen LogP contribution is -2.25. The number of fused-ring (bicyclic) bond motifs is 2. The van der Waals surface area contributed by atoms with Crippen LogP contribution in [0.4, 0.5) is 0 Å². The molecule has 0 spiro atoms. The summed E-state index contributed by atoms with van der Waals surface area (Å²) in [5.74, 6) is -0.380. The number of thiophene rings is 1. The van der Waals surface area contributed by atoms with E-state index in [0.29, 0.717) is 16.5 Å². The van der Waals surface area contributed by atoms with Crippen LogP contribution in [0.3, 0.4) is 0 Å². The van der Waals surface area contributed by atoms with E-state index in [1.54, 1.807) is 16.7 Å². The molecule has 160 valence electrons. The molecular weight excluding hydrogens is 442 g/mol. The molecule has 0 aliphatic heterocycles. The highest BCUT2D eigenvalue weighted by Crippen LogP contribution is 2.24. The Kier molecular flexibility index (Phi) is 5.55. The molecule has 32 heavy (non-hydrogen) atoms. The molecule has 6 nitrogen and oxygen atoms in total. The van der Waals surface area contributed by atoms with Gasteiger partial charge < -0.3 is 4.74 Å². The summed E-state index contributed by atoms with van der Waals surface area (Å²) in [6.45, 7) is 2.49. The number of thiazole rings is 1. The van der Waals surface area contributed by atoms with Gasteiger partial charge in [0.25, 0.3) is 5.56 Å². The van der Waals surface area contributed by atoms with Gasteiger partial charge in [-0.05, 0) is 30.2 Å². The summed E-state index contributed by atoms with van der Waals surface area (Å²) < 4.78 is 7.90. The number of aromatic nitrogens is 3. The van der Waals surface area contributed by atoms with Crippen LogP contribution in [0.25, 0.3) is 21.0 Å². The van der Waals surface area contributed by atoms with E-state index < -0.39 is 0 Å². The van der Waals surface area contributed by atoms with Gasteiger partial charge in [-0.2, -0.15) is 16.4 Å². The molecular formula is C24H19N3O3S2. The zero-order valence-electron chi connectivity index (χ0n) is 17.3. The van der Waals surface area contributed by atoms with Gasteiger partial charge in [0.2, 0.25) is 0 Å². The highest BCUT2D eigenvalue weighted by Gasteiger charge is 2.17. The normalized spacial score (nSPS) is 11.3. The number of benzene rings is 2. The van der Waals surface area contributed by atoms with Gasteiger partial charge in [0.05, 0.1) is 34.3 Å². The molecule has 0 saturated carbocycles.